The monoisotopic (exact) mass is 343 g/mol. The molecule has 0 aliphatic heterocycles. The fraction of sp³-hybridized carbons (Fsp3) is 0.292. The van der Waals surface area contributed by atoms with Gasteiger partial charge in [0.2, 0.25) is 5.69 Å². The lowest BCUT2D eigenvalue weighted by molar-refractivity contribution is -0.604. The summed E-state index contributed by atoms with van der Waals surface area (Å²) < 4.78 is 1.23. The molecule has 0 spiro atoms. The van der Waals surface area contributed by atoms with Crippen LogP contribution in [0.15, 0.2) is 72.8 Å². The number of benzene rings is 2. The summed E-state index contributed by atoms with van der Waals surface area (Å²) in [6.07, 6.45) is 6.83. The molecule has 4 rings (SSSR count). The average molecular weight is 343 g/mol. The molecule has 1 saturated carbocycles. The Morgan fingerprint density at radius 3 is 2.12 bits per heavy atom. The molecule has 26 heavy (non-hydrogen) atoms. The van der Waals surface area contributed by atoms with Crippen molar-refractivity contribution in [3.8, 4) is 11.3 Å². The lowest BCUT2D eigenvalue weighted by Gasteiger charge is -2.24. The van der Waals surface area contributed by atoms with Crippen molar-refractivity contribution >= 4 is 0 Å². The standard InChI is InChI=1S/C24H25NO/c26-25-23(20-12-6-2-7-13-20)17-16-22(18-19-10-4-1-5-11-19)24(25)21-14-8-3-9-15-21/h1-2,4-7,10-13,16-17,21H,3,8-9,14-15,18H2. The Balaban J connectivity index is 1.79. The van der Waals surface area contributed by atoms with Crippen LogP contribution in [0.3, 0.4) is 0 Å². The van der Waals surface area contributed by atoms with Crippen LogP contribution in [0.5, 0.6) is 0 Å². The number of hydrogen-bond donors (Lipinski definition) is 0. The highest BCUT2D eigenvalue weighted by molar-refractivity contribution is 5.56. The van der Waals surface area contributed by atoms with Gasteiger partial charge in [-0.1, -0.05) is 67.8 Å². The summed E-state index contributed by atoms with van der Waals surface area (Å²) in [6, 6.07) is 24.6. The molecular weight excluding hydrogens is 318 g/mol. The van der Waals surface area contributed by atoms with Gasteiger partial charge in [0, 0.05) is 29.5 Å². The topological polar surface area (TPSA) is 26.9 Å². The van der Waals surface area contributed by atoms with Crippen molar-refractivity contribution in [1.29, 1.82) is 0 Å². The van der Waals surface area contributed by atoms with Gasteiger partial charge in [-0.2, -0.15) is 4.73 Å². The first-order chi connectivity index (χ1) is 12.8. The van der Waals surface area contributed by atoms with E-state index in [0.29, 0.717) is 5.92 Å². The molecule has 0 saturated heterocycles. The molecule has 0 bridgehead atoms. The van der Waals surface area contributed by atoms with E-state index in [1.165, 1.54) is 35.1 Å². The molecule has 3 aromatic rings. The van der Waals surface area contributed by atoms with Gasteiger partial charge in [-0.25, -0.2) is 0 Å². The summed E-state index contributed by atoms with van der Waals surface area (Å²) in [5.41, 5.74) is 5.19. The fourth-order valence-corrected chi connectivity index (χ4v) is 4.18. The SMILES string of the molecule is [O-][n+]1c(-c2ccccc2)ccc(Cc2ccccc2)c1C1CCCCC1. The molecule has 1 fully saturated rings. The molecule has 0 unspecified atom stereocenters. The highest BCUT2D eigenvalue weighted by atomic mass is 16.5. The molecule has 0 N–H and O–H groups in total. The maximum atomic E-state index is 13.4. The van der Waals surface area contributed by atoms with E-state index < -0.39 is 0 Å². The molecule has 132 valence electrons. The maximum absolute atomic E-state index is 13.4. The first kappa shape index (κ1) is 16.8. The zero-order valence-corrected chi connectivity index (χ0v) is 15.1. The van der Waals surface area contributed by atoms with Gasteiger partial charge in [-0.3, -0.25) is 0 Å². The van der Waals surface area contributed by atoms with E-state index in [-0.39, 0.29) is 0 Å². The van der Waals surface area contributed by atoms with Crippen LogP contribution in [0.25, 0.3) is 11.3 Å². The lowest BCUT2D eigenvalue weighted by Crippen LogP contribution is -2.38. The van der Waals surface area contributed by atoms with Crippen molar-refractivity contribution in [2.24, 2.45) is 0 Å². The number of rotatable bonds is 4. The summed E-state index contributed by atoms with van der Waals surface area (Å²) >= 11 is 0. The molecule has 2 aromatic carbocycles. The summed E-state index contributed by atoms with van der Waals surface area (Å²) in [7, 11) is 0. The number of pyridine rings is 1. The number of aromatic nitrogens is 1. The molecule has 2 heteroatoms. The molecule has 1 heterocycles. The highest BCUT2D eigenvalue weighted by Gasteiger charge is 2.28. The molecule has 0 radical (unpaired) electrons. The molecular formula is C24H25NO. The molecule has 1 aliphatic carbocycles. The third-order valence-electron chi connectivity index (χ3n) is 5.51. The van der Waals surface area contributed by atoms with Crippen LogP contribution in [0.2, 0.25) is 0 Å². The second kappa shape index (κ2) is 7.74. The van der Waals surface area contributed by atoms with Crippen LogP contribution in [0.4, 0.5) is 0 Å². The van der Waals surface area contributed by atoms with Gasteiger partial charge in [0.15, 0.2) is 5.69 Å². The summed E-state index contributed by atoms with van der Waals surface area (Å²) in [4.78, 5) is 0. The van der Waals surface area contributed by atoms with Gasteiger partial charge >= 0.3 is 0 Å². The van der Waals surface area contributed by atoms with Gasteiger partial charge in [-0.05, 0) is 36.6 Å². The van der Waals surface area contributed by atoms with Crippen LogP contribution in [0, 0.1) is 5.21 Å². The van der Waals surface area contributed by atoms with Crippen molar-refractivity contribution in [3.05, 3.63) is 94.8 Å². The predicted molar refractivity (Wildman–Crippen MR) is 106 cm³/mol. The smallest absolute Gasteiger partial charge is 0.223 e. The zero-order valence-electron chi connectivity index (χ0n) is 15.1. The summed E-state index contributed by atoms with van der Waals surface area (Å²) in [5.74, 6) is 0.378. The Morgan fingerprint density at radius 1 is 0.769 bits per heavy atom. The Kier molecular flexibility index (Phi) is 5.01. The van der Waals surface area contributed by atoms with E-state index in [4.69, 9.17) is 0 Å². The minimum Gasteiger partial charge on any atom is -0.618 e. The normalized spacial score (nSPS) is 15.1. The van der Waals surface area contributed by atoms with Gasteiger partial charge in [0.1, 0.15) is 0 Å². The predicted octanol–water partition coefficient (Wildman–Crippen LogP) is 5.63. The minimum atomic E-state index is 0.378. The van der Waals surface area contributed by atoms with E-state index in [1.54, 1.807) is 0 Å². The van der Waals surface area contributed by atoms with Crippen LogP contribution >= 0.6 is 0 Å². The van der Waals surface area contributed by atoms with Crippen molar-refractivity contribution in [2.75, 3.05) is 0 Å². The fourth-order valence-electron chi connectivity index (χ4n) is 4.18. The van der Waals surface area contributed by atoms with Crippen LogP contribution in [-0.2, 0) is 6.42 Å². The first-order valence-electron chi connectivity index (χ1n) is 9.67. The van der Waals surface area contributed by atoms with Crippen LogP contribution in [0.1, 0.15) is 54.8 Å². The third-order valence-corrected chi connectivity index (χ3v) is 5.51. The molecule has 1 aromatic heterocycles. The van der Waals surface area contributed by atoms with Crippen molar-refractivity contribution in [2.45, 2.75) is 44.4 Å². The minimum absolute atomic E-state index is 0.378. The number of nitrogens with zero attached hydrogens (tertiary/aromatic N) is 1. The second-order valence-corrected chi connectivity index (χ2v) is 7.29. The van der Waals surface area contributed by atoms with Gasteiger partial charge < -0.3 is 5.21 Å². The third kappa shape index (κ3) is 3.50. The average Bonchev–Trinajstić information content (AvgIpc) is 2.70. The maximum Gasteiger partial charge on any atom is 0.223 e. The summed E-state index contributed by atoms with van der Waals surface area (Å²) in [5, 5.41) is 13.4. The van der Waals surface area contributed by atoms with E-state index >= 15 is 0 Å². The Morgan fingerprint density at radius 2 is 1.42 bits per heavy atom. The molecule has 0 amide bonds. The van der Waals surface area contributed by atoms with Crippen molar-refractivity contribution in [1.82, 2.24) is 0 Å². The Labute approximate surface area is 155 Å². The highest BCUT2D eigenvalue weighted by Crippen LogP contribution is 2.34. The largest absolute Gasteiger partial charge is 0.618 e. The molecule has 2 nitrogen and oxygen atoms in total. The van der Waals surface area contributed by atoms with E-state index in [1.807, 2.05) is 42.5 Å². The van der Waals surface area contributed by atoms with Crippen LogP contribution < -0.4 is 4.73 Å². The second-order valence-electron chi connectivity index (χ2n) is 7.29. The Hall–Kier alpha value is -2.61. The van der Waals surface area contributed by atoms with E-state index in [0.717, 1.165) is 36.2 Å². The summed E-state index contributed by atoms with van der Waals surface area (Å²) in [6.45, 7) is 0. The van der Waals surface area contributed by atoms with E-state index in [2.05, 4.69) is 30.3 Å². The first-order valence-corrected chi connectivity index (χ1v) is 9.67. The Bertz CT molecular complexity index is 852. The molecule has 0 atom stereocenters. The van der Waals surface area contributed by atoms with Crippen LogP contribution in [-0.4, -0.2) is 0 Å². The number of hydrogen-bond acceptors (Lipinski definition) is 1. The lowest BCUT2D eigenvalue weighted by atomic mass is 9.83. The van der Waals surface area contributed by atoms with Gasteiger partial charge in [0.05, 0.1) is 0 Å². The van der Waals surface area contributed by atoms with Crippen molar-refractivity contribution in [3.63, 3.8) is 0 Å². The zero-order chi connectivity index (χ0) is 17.8. The van der Waals surface area contributed by atoms with Gasteiger partial charge in [0.25, 0.3) is 0 Å². The van der Waals surface area contributed by atoms with Gasteiger partial charge in [-0.15, -0.1) is 0 Å². The van der Waals surface area contributed by atoms with Crippen molar-refractivity contribution < 1.29 is 4.73 Å². The van der Waals surface area contributed by atoms with E-state index in [9.17, 15) is 5.21 Å². The molecule has 1 aliphatic rings. The quantitative estimate of drug-likeness (QED) is 0.446.